The second kappa shape index (κ2) is 75.8. The van der Waals surface area contributed by atoms with Crippen LogP contribution < -0.4 is 0 Å². The molecule has 0 saturated carbocycles. The van der Waals surface area contributed by atoms with Gasteiger partial charge in [0.15, 0.2) is 0 Å². The van der Waals surface area contributed by atoms with E-state index in [0.29, 0.717) is 30.0 Å². The molecule has 1 heterocycles. The summed E-state index contributed by atoms with van der Waals surface area (Å²) < 4.78 is 1.98. The monoisotopic (exact) mass is 2060 g/mol. The zero-order valence-electron chi connectivity index (χ0n) is 79.1. The molecular formula is C95H172OS23. The van der Waals surface area contributed by atoms with E-state index >= 15 is 0 Å². The number of allylic oxidation sites excluding steroid dienone is 14. The Balaban J connectivity index is 3.96. The van der Waals surface area contributed by atoms with Crippen LogP contribution in [0.2, 0.25) is 0 Å². The molecular weight excluding hydrogens is 1890 g/mol. The van der Waals surface area contributed by atoms with Crippen molar-refractivity contribution < 1.29 is 4.79 Å². The maximum Gasteiger partial charge on any atom is 0.121 e. The predicted molar refractivity (Wildman–Crippen MR) is 616 cm³/mol. The van der Waals surface area contributed by atoms with Gasteiger partial charge in [-0.3, -0.25) is 0 Å². The highest BCUT2D eigenvalue weighted by molar-refractivity contribution is 9.13. The van der Waals surface area contributed by atoms with Crippen LogP contribution in [0.25, 0.3) is 0 Å². The van der Waals surface area contributed by atoms with E-state index in [1.54, 1.807) is 0 Å². The Kier molecular flexibility index (Phi) is 78.1. The second-order valence-corrected chi connectivity index (χ2v) is 71.3. The van der Waals surface area contributed by atoms with Crippen molar-refractivity contribution in [1.82, 2.24) is 0 Å². The summed E-state index contributed by atoms with van der Waals surface area (Å²) >= 11 is 5.48. The van der Waals surface area contributed by atoms with Gasteiger partial charge < -0.3 is 4.79 Å². The van der Waals surface area contributed by atoms with Crippen molar-refractivity contribution in [2.75, 3.05) is 5.75 Å². The first-order chi connectivity index (χ1) is 56.6. The SMILES string of the molecule is CCCCCCC(CCCCCC)SSCCC(C)(CCC=C(C)C)SSSC(CC(C)(CCC=C(C)C)SSSC(C)(CCC=C(C)C)CC1SSSC(CC(CCC=C(C)C)SSC(C)(CC=O)CCC=C(C)C)SS1)SS/C=C\C(C)(CCC=C(C)C)SSSC(CC(C)(S)CCC=C(C)C)SSC(CCCCCC)CCCCCC. The topological polar surface area (TPSA) is 17.1 Å². The van der Waals surface area contributed by atoms with Crippen molar-refractivity contribution in [3.05, 3.63) is 93.0 Å². The zero-order valence-corrected chi connectivity index (χ0v) is 98.0. The van der Waals surface area contributed by atoms with Gasteiger partial charge in [0.25, 0.3) is 0 Å². The summed E-state index contributed by atoms with van der Waals surface area (Å²) in [5, 5.41) is 4.54. The van der Waals surface area contributed by atoms with Gasteiger partial charge in [0, 0.05) is 56.4 Å². The van der Waals surface area contributed by atoms with Crippen LogP contribution in [0.4, 0.5) is 0 Å². The lowest BCUT2D eigenvalue weighted by atomic mass is 10.0. The number of thiol groups is 1. The number of carbonyl (C=O) groups is 1. The fourth-order valence-electron chi connectivity index (χ4n) is 12.9. The van der Waals surface area contributed by atoms with Gasteiger partial charge in [-0.25, -0.2) is 0 Å². The fourth-order valence-corrected chi connectivity index (χ4v) is 58.8. The number of hydrogen-bond donors (Lipinski definition) is 1. The van der Waals surface area contributed by atoms with E-state index < -0.39 is 0 Å². The summed E-state index contributed by atoms with van der Waals surface area (Å²) in [7, 11) is 47.1. The maximum absolute atomic E-state index is 12.1. The molecule has 11 unspecified atom stereocenters. The minimum atomic E-state index is -0.0676. The van der Waals surface area contributed by atoms with Crippen LogP contribution in [-0.2, 0) is 4.79 Å². The Labute approximate surface area is 831 Å². The lowest BCUT2D eigenvalue weighted by Gasteiger charge is -2.35. The van der Waals surface area contributed by atoms with E-state index in [1.165, 1.54) is 212 Å². The van der Waals surface area contributed by atoms with Crippen molar-refractivity contribution in [2.24, 2.45) is 0 Å². The molecule has 119 heavy (non-hydrogen) atoms. The lowest BCUT2D eigenvalue weighted by Crippen LogP contribution is -2.25. The zero-order chi connectivity index (χ0) is 88.7. The van der Waals surface area contributed by atoms with E-state index in [2.05, 4.69) is 432 Å². The van der Waals surface area contributed by atoms with Crippen molar-refractivity contribution in [2.45, 2.75) is 486 Å². The highest BCUT2D eigenvalue weighted by atomic mass is 33.5. The minimum Gasteiger partial charge on any atom is -0.303 e. The number of rotatable bonds is 78. The Morgan fingerprint density at radius 2 is 0.790 bits per heavy atom. The molecule has 0 bridgehead atoms. The summed E-state index contributed by atoms with van der Waals surface area (Å²) in [6, 6.07) is 0. The Morgan fingerprint density at radius 1 is 0.370 bits per heavy atom. The summed E-state index contributed by atoms with van der Waals surface area (Å²) in [6.07, 6.45) is 70.1. The van der Waals surface area contributed by atoms with Crippen LogP contribution in [0.15, 0.2) is 93.0 Å². The smallest absolute Gasteiger partial charge is 0.121 e. The third-order valence-corrected chi connectivity index (χ3v) is 60.8. The Bertz CT molecular complexity index is 2760. The third-order valence-electron chi connectivity index (χ3n) is 20.7. The predicted octanol–water partition coefficient (Wildman–Crippen LogP) is 44.1. The molecule has 11 atom stereocenters. The molecule has 0 spiro atoms. The van der Waals surface area contributed by atoms with Crippen molar-refractivity contribution in [1.29, 1.82) is 0 Å². The van der Waals surface area contributed by atoms with Crippen LogP contribution in [0.5, 0.6) is 0 Å². The first kappa shape index (κ1) is 123. The van der Waals surface area contributed by atoms with Crippen molar-refractivity contribution >= 4 is 253 Å². The van der Waals surface area contributed by atoms with Gasteiger partial charge in [-0.2, -0.15) is 12.6 Å². The molecule has 1 nitrogen and oxygen atoms in total. The molecule has 0 N–H and O–H groups in total. The standard InChI is InChI=1S/C95H172OS23/c1-25-29-33-37-55-83(56-38-34-30-26-2)100-98-70-67-92(21,62-44-51-79(11)12)113-118-110-88(103-99-71-68-93(22,63-45-52-80(13)14)112-117-109-87(73-90(19,97)60-42-49-77(7)8)105-101-84(57-39-35-31-27-3)58-40-36-32-28-4)74-94(23,64-46-53-81(15)16)114-119-115-95(24,65-47-54-82(17)18)75-89-106-104-86(107-116-108-89)72-85(59-41-48-76(5)6)102-111-91(20,66-69-96)61-43-50-78(9)10/h48-54,68-69,71,83-89,97H,25-47,55-67,70,72-75H2,1-24H3/b71-68-. The normalized spacial score (nSPS) is 17.8. The van der Waals surface area contributed by atoms with Gasteiger partial charge in [-0.05, 0) is 324 Å². The van der Waals surface area contributed by atoms with E-state index in [0.717, 1.165) is 100 Å². The van der Waals surface area contributed by atoms with Gasteiger partial charge in [0.1, 0.15) is 6.29 Å². The van der Waals surface area contributed by atoms with Crippen LogP contribution in [-0.4, -0.2) is 74.6 Å². The quantitative estimate of drug-likeness (QED) is 0.0155. The van der Waals surface area contributed by atoms with Gasteiger partial charge in [0.2, 0.25) is 0 Å². The van der Waals surface area contributed by atoms with Gasteiger partial charge in [-0.1, -0.05) is 419 Å². The number of unbranched alkanes of at least 4 members (excludes halogenated alkanes) is 12. The highest BCUT2D eigenvalue weighted by Gasteiger charge is 2.38. The summed E-state index contributed by atoms with van der Waals surface area (Å²) in [5.74, 6) is 1.21. The molecule has 1 saturated heterocycles. The molecule has 24 heteroatoms. The molecule has 1 fully saturated rings. The van der Waals surface area contributed by atoms with Crippen LogP contribution in [0.1, 0.15) is 423 Å². The molecule has 1 aliphatic rings. The largest absolute Gasteiger partial charge is 0.303 e. The Morgan fingerprint density at radius 3 is 1.29 bits per heavy atom. The van der Waals surface area contributed by atoms with Crippen molar-refractivity contribution in [3.8, 4) is 0 Å². The van der Waals surface area contributed by atoms with Crippen LogP contribution in [0, 0.1) is 0 Å². The average Bonchev–Trinajstić information content (AvgIpc) is 1.68. The number of hydrogen-bond acceptors (Lipinski definition) is 24. The van der Waals surface area contributed by atoms with Gasteiger partial charge in [-0.15, -0.1) is 0 Å². The van der Waals surface area contributed by atoms with Crippen molar-refractivity contribution in [3.63, 3.8) is 0 Å². The molecule has 1 aliphatic heterocycles. The second-order valence-electron chi connectivity index (χ2n) is 36.3. The molecule has 696 valence electrons. The summed E-state index contributed by atoms with van der Waals surface area (Å²) in [6.45, 7) is 56.1. The van der Waals surface area contributed by atoms with E-state index in [4.69, 9.17) is 12.6 Å². The van der Waals surface area contributed by atoms with Crippen LogP contribution in [0.3, 0.4) is 0 Å². The number of carbonyl (C=O) groups excluding carboxylic acids is 1. The van der Waals surface area contributed by atoms with E-state index in [1.807, 2.05) is 21.6 Å². The highest BCUT2D eigenvalue weighted by Crippen LogP contribution is 2.64. The maximum atomic E-state index is 12.1. The van der Waals surface area contributed by atoms with E-state index in [9.17, 15) is 4.79 Å². The van der Waals surface area contributed by atoms with E-state index in [-0.39, 0.29) is 28.5 Å². The molecule has 1 rings (SSSR count). The molecule has 0 radical (unpaired) electrons. The van der Waals surface area contributed by atoms with Gasteiger partial charge >= 0.3 is 0 Å². The summed E-state index contributed by atoms with van der Waals surface area (Å²) in [5.41, 5.74) is 9.87. The lowest BCUT2D eigenvalue weighted by molar-refractivity contribution is -0.108. The molecule has 0 aromatic rings. The molecule has 0 aliphatic carbocycles. The Hall–Kier alpha value is 5.64. The van der Waals surface area contributed by atoms with Crippen LogP contribution >= 0.6 is 246 Å². The third kappa shape index (κ3) is 70.9. The number of aldehydes is 1. The molecule has 0 aromatic heterocycles. The molecule has 0 amide bonds. The van der Waals surface area contributed by atoms with Gasteiger partial charge in [0.05, 0.1) is 18.3 Å². The first-order valence-corrected chi connectivity index (χ1v) is 71.5. The molecule has 0 aromatic carbocycles. The average molecular weight is 2070 g/mol. The summed E-state index contributed by atoms with van der Waals surface area (Å²) in [4.78, 5) is 12.1. The minimum absolute atomic E-state index is 0.0381. The first-order valence-electron chi connectivity index (χ1n) is 45.5. The fraction of sp³-hybridized carbons (Fsp3) is 0.821.